The summed E-state index contributed by atoms with van der Waals surface area (Å²) in [6.45, 7) is 1.87. The summed E-state index contributed by atoms with van der Waals surface area (Å²) in [4.78, 5) is 11.7. The maximum absolute atomic E-state index is 12.9. The Morgan fingerprint density at radius 3 is 2.15 bits per heavy atom. The summed E-state index contributed by atoms with van der Waals surface area (Å²) in [6, 6.07) is 25.0. The number of carboxylic acids is 1. The number of hydrogen-bond acceptors (Lipinski definition) is 2. The van der Waals surface area contributed by atoms with E-state index in [1.807, 2.05) is 54.0 Å². The fraction of sp³-hybridized carbons (Fsp3) is 0.148. The predicted octanol–water partition coefficient (Wildman–Crippen LogP) is 6.55. The molecule has 174 valence electrons. The van der Waals surface area contributed by atoms with Crippen molar-refractivity contribution in [2.24, 2.45) is 0 Å². The Bertz CT molecular complexity index is 1260. The highest BCUT2D eigenvalue weighted by atomic mass is 19.4. The van der Waals surface area contributed by atoms with Crippen LogP contribution in [-0.2, 0) is 17.4 Å². The maximum Gasteiger partial charge on any atom is 0.416 e. The molecule has 4 nitrogen and oxygen atoms in total. The molecule has 1 heterocycles. The summed E-state index contributed by atoms with van der Waals surface area (Å²) >= 11 is 0. The molecule has 0 radical (unpaired) electrons. The molecule has 0 aliphatic rings. The van der Waals surface area contributed by atoms with Crippen molar-refractivity contribution in [2.75, 3.05) is 0 Å². The Hall–Kier alpha value is -4.00. The first kappa shape index (κ1) is 23.2. The van der Waals surface area contributed by atoms with Gasteiger partial charge in [-0.1, -0.05) is 30.3 Å². The zero-order valence-corrected chi connectivity index (χ0v) is 18.3. The van der Waals surface area contributed by atoms with E-state index in [9.17, 15) is 23.1 Å². The van der Waals surface area contributed by atoms with Crippen LogP contribution < -0.4 is 4.74 Å². The zero-order chi connectivity index (χ0) is 24.3. The number of ether oxygens (including phenoxy) is 1. The minimum Gasteiger partial charge on any atom is -0.478 e. The summed E-state index contributed by atoms with van der Waals surface area (Å²) < 4.78 is 46.4. The summed E-state index contributed by atoms with van der Waals surface area (Å²) in [5.41, 5.74) is 3.24. The number of aryl methyl sites for hydroxylation is 1. The molecule has 0 saturated carbocycles. The van der Waals surface area contributed by atoms with Crippen molar-refractivity contribution in [3.63, 3.8) is 0 Å². The van der Waals surface area contributed by atoms with Crippen molar-refractivity contribution in [1.29, 1.82) is 0 Å². The van der Waals surface area contributed by atoms with E-state index in [2.05, 4.69) is 0 Å². The van der Waals surface area contributed by atoms with Crippen molar-refractivity contribution in [1.82, 2.24) is 4.57 Å². The van der Waals surface area contributed by atoms with E-state index in [1.54, 1.807) is 24.3 Å². The molecule has 0 spiro atoms. The van der Waals surface area contributed by atoms with E-state index in [1.165, 1.54) is 12.1 Å². The van der Waals surface area contributed by atoms with Crippen molar-refractivity contribution in [3.05, 3.63) is 108 Å². The SMILES string of the molecule is Cc1ccc(-c2ccc(O[C@H](Cc3ccccc3)C(=O)O)cc2)n1-c1ccc(C(F)(F)F)cc1. The van der Waals surface area contributed by atoms with Crippen molar-refractivity contribution >= 4 is 5.97 Å². The first-order valence-corrected chi connectivity index (χ1v) is 10.6. The molecule has 1 aromatic heterocycles. The second-order valence-corrected chi connectivity index (χ2v) is 7.90. The number of alkyl halides is 3. The quantitative estimate of drug-likeness (QED) is 0.337. The first-order valence-electron chi connectivity index (χ1n) is 10.6. The topological polar surface area (TPSA) is 51.5 Å². The van der Waals surface area contributed by atoms with E-state index < -0.39 is 23.8 Å². The van der Waals surface area contributed by atoms with Gasteiger partial charge in [0.2, 0.25) is 0 Å². The fourth-order valence-electron chi connectivity index (χ4n) is 3.78. The monoisotopic (exact) mass is 465 g/mol. The second-order valence-electron chi connectivity index (χ2n) is 7.90. The van der Waals surface area contributed by atoms with Crippen LogP contribution in [0, 0.1) is 6.92 Å². The van der Waals surface area contributed by atoms with Crippen molar-refractivity contribution in [2.45, 2.75) is 25.6 Å². The number of carboxylic acid groups (broad SMARTS) is 1. The van der Waals surface area contributed by atoms with Crippen LogP contribution in [0.15, 0.2) is 91.0 Å². The van der Waals surface area contributed by atoms with Gasteiger partial charge >= 0.3 is 12.1 Å². The number of nitrogens with zero attached hydrogens (tertiary/aromatic N) is 1. The molecule has 0 unspecified atom stereocenters. The molecule has 34 heavy (non-hydrogen) atoms. The lowest BCUT2D eigenvalue weighted by Crippen LogP contribution is -2.29. The van der Waals surface area contributed by atoms with Crippen LogP contribution in [0.1, 0.15) is 16.8 Å². The lowest BCUT2D eigenvalue weighted by Gasteiger charge is -2.16. The smallest absolute Gasteiger partial charge is 0.416 e. The van der Waals surface area contributed by atoms with Crippen LogP contribution in [0.3, 0.4) is 0 Å². The number of rotatable bonds is 7. The molecule has 0 fully saturated rings. The Morgan fingerprint density at radius 2 is 1.56 bits per heavy atom. The van der Waals surface area contributed by atoms with Gasteiger partial charge in [0.15, 0.2) is 6.10 Å². The molecule has 7 heteroatoms. The number of aromatic nitrogens is 1. The van der Waals surface area contributed by atoms with Crippen LogP contribution in [0.4, 0.5) is 13.2 Å². The number of halogens is 3. The molecule has 0 aliphatic heterocycles. The number of benzene rings is 3. The minimum atomic E-state index is -4.39. The van der Waals surface area contributed by atoms with Gasteiger partial charge in [0.05, 0.1) is 11.3 Å². The summed E-state index contributed by atoms with van der Waals surface area (Å²) in [5, 5.41) is 9.56. The van der Waals surface area contributed by atoms with Gasteiger partial charge in [-0.15, -0.1) is 0 Å². The Kier molecular flexibility index (Phi) is 6.45. The summed E-state index contributed by atoms with van der Waals surface area (Å²) in [6.07, 6.45) is -5.20. The molecular formula is C27H22F3NO3. The highest BCUT2D eigenvalue weighted by Gasteiger charge is 2.30. The van der Waals surface area contributed by atoms with Gasteiger partial charge in [0.1, 0.15) is 5.75 Å². The molecule has 4 aromatic rings. The van der Waals surface area contributed by atoms with Gasteiger partial charge in [0, 0.05) is 17.8 Å². The first-order chi connectivity index (χ1) is 16.2. The average molecular weight is 465 g/mol. The third-order valence-corrected chi connectivity index (χ3v) is 5.50. The normalized spacial score (nSPS) is 12.4. The van der Waals surface area contributed by atoms with Gasteiger partial charge in [-0.05, 0) is 78.7 Å². The number of carbonyl (C=O) groups is 1. The summed E-state index contributed by atoms with van der Waals surface area (Å²) in [5.74, 6) is -0.642. The van der Waals surface area contributed by atoms with Crippen molar-refractivity contribution < 1.29 is 27.8 Å². The van der Waals surface area contributed by atoms with Crippen LogP contribution in [0.2, 0.25) is 0 Å². The second kappa shape index (κ2) is 9.47. The van der Waals surface area contributed by atoms with Crippen LogP contribution in [0.5, 0.6) is 5.75 Å². The van der Waals surface area contributed by atoms with E-state index in [4.69, 9.17) is 4.74 Å². The Morgan fingerprint density at radius 1 is 0.912 bits per heavy atom. The van der Waals surface area contributed by atoms with E-state index in [0.29, 0.717) is 11.4 Å². The third-order valence-electron chi connectivity index (χ3n) is 5.50. The van der Waals surface area contributed by atoms with Gasteiger partial charge in [-0.25, -0.2) is 4.79 Å². The van der Waals surface area contributed by atoms with Crippen LogP contribution in [0.25, 0.3) is 16.9 Å². The minimum absolute atomic E-state index is 0.230. The van der Waals surface area contributed by atoms with E-state index >= 15 is 0 Å². The zero-order valence-electron chi connectivity index (χ0n) is 18.3. The number of hydrogen-bond donors (Lipinski definition) is 1. The van der Waals surface area contributed by atoms with Gasteiger partial charge in [-0.2, -0.15) is 13.2 Å². The predicted molar refractivity (Wildman–Crippen MR) is 123 cm³/mol. The highest BCUT2D eigenvalue weighted by Crippen LogP contribution is 2.32. The molecule has 1 N–H and O–H groups in total. The summed E-state index contributed by atoms with van der Waals surface area (Å²) in [7, 11) is 0. The number of aliphatic carboxylic acids is 1. The molecule has 0 saturated heterocycles. The molecule has 0 amide bonds. The third kappa shape index (κ3) is 5.14. The van der Waals surface area contributed by atoms with E-state index in [-0.39, 0.29) is 6.42 Å². The fourth-order valence-corrected chi connectivity index (χ4v) is 3.78. The largest absolute Gasteiger partial charge is 0.478 e. The molecule has 0 aliphatic carbocycles. The standard InChI is InChI=1S/C27H22F3NO3/c1-18-7-16-24(31(18)22-12-10-21(11-13-22)27(28,29)30)20-8-14-23(15-9-20)34-25(26(32)33)17-19-5-3-2-4-6-19/h2-16,25H,17H2,1H3,(H,32,33)/t25-/m1/s1. The van der Waals surface area contributed by atoms with Gasteiger partial charge in [0.25, 0.3) is 0 Å². The van der Waals surface area contributed by atoms with Crippen LogP contribution >= 0.6 is 0 Å². The molecule has 4 rings (SSSR count). The highest BCUT2D eigenvalue weighted by molar-refractivity contribution is 5.73. The average Bonchev–Trinajstić information content (AvgIpc) is 3.20. The Labute approximate surface area is 194 Å². The lowest BCUT2D eigenvalue weighted by molar-refractivity contribution is -0.145. The molecule has 1 atom stereocenters. The lowest BCUT2D eigenvalue weighted by atomic mass is 10.1. The van der Waals surface area contributed by atoms with Crippen molar-refractivity contribution in [3.8, 4) is 22.7 Å². The van der Waals surface area contributed by atoms with Gasteiger partial charge < -0.3 is 14.4 Å². The van der Waals surface area contributed by atoms with E-state index in [0.717, 1.165) is 34.6 Å². The molecular weight excluding hydrogens is 443 g/mol. The van der Waals surface area contributed by atoms with Gasteiger partial charge in [-0.3, -0.25) is 0 Å². The maximum atomic E-state index is 12.9. The van der Waals surface area contributed by atoms with Crippen LogP contribution in [-0.4, -0.2) is 21.7 Å². The molecule has 0 bridgehead atoms. The Balaban J connectivity index is 1.56. The molecule has 3 aromatic carbocycles.